The first kappa shape index (κ1) is 16.5. The van der Waals surface area contributed by atoms with Crippen molar-refractivity contribution in [2.75, 3.05) is 26.7 Å². The zero-order chi connectivity index (χ0) is 16.9. The van der Waals surface area contributed by atoms with Crippen LogP contribution in [0.1, 0.15) is 18.4 Å². The zero-order valence-corrected chi connectivity index (χ0v) is 13.8. The Kier molecular flexibility index (Phi) is 5.15. The van der Waals surface area contributed by atoms with Crippen LogP contribution in [0.4, 0.5) is 4.79 Å². The Balaban J connectivity index is 1.51. The van der Waals surface area contributed by atoms with Gasteiger partial charge in [0.1, 0.15) is 0 Å². The third-order valence-electron chi connectivity index (χ3n) is 4.46. The number of nitrogens with one attached hydrogen (secondary N) is 1. The summed E-state index contributed by atoms with van der Waals surface area (Å²) in [5.74, 6) is -0.0340. The molecule has 0 aliphatic carbocycles. The van der Waals surface area contributed by atoms with Gasteiger partial charge in [-0.05, 0) is 31.0 Å². The van der Waals surface area contributed by atoms with Crippen LogP contribution in [-0.4, -0.2) is 54.7 Å². The summed E-state index contributed by atoms with van der Waals surface area (Å²) in [5, 5.41) is 1.26. The number of nitrogens with zero attached hydrogens (tertiary/aromatic N) is 1. The van der Waals surface area contributed by atoms with Crippen LogP contribution in [0.3, 0.4) is 0 Å². The molecule has 0 amide bonds. The van der Waals surface area contributed by atoms with E-state index in [0.717, 1.165) is 24.9 Å². The standard InChI is InChI=1S/C18H22N2O4/c1-23-18(22)24-17-12-20(10-8-16(17)21)9-4-5-13-11-19-15-7-3-2-6-14(13)15/h2-3,6-7,11,17,19H,4-5,8-10,12H2,1H3. The van der Waals surface area contributed by atoms with E-state index in [1.807, 2.05) is 12.1 Å². The Morgan fingerprint density at radius 2 is 2.21 bits per heavy atom. The number of Topliss-reactive ketones (excluding diaryl/α,β-unsaturated/α-hetero) is 1. The smallest absolute Gasteiger partial charge is 0.438 e. The highest BCUT2D eigenvalue weighted by molar-refractivity contribution is 5.86. The number of H-pyrrole nitrogens is 1. The number of hydrogen-bond donors (Lipinski definition) is 1. The maximum Gasteiger partial charge on any atom is 0.508 e. The van der Waals surface area contributed by atoms with Crippen LogP contribution in [0.5, 0.6) is 0 Å². The van der Waals surface area contributed by atoms with Crippen LogP contribution in [0.25, 0.3) is 10.9 Å². The predicted molar refractivity (Wildman–Crippen MR) is 90.0 cm³/mol. The molecule has 1 aromatic heterocycles. The van der Waals surface area contributed by atoms with Crippen molar-refractivity contribution in [2.45, 2.75) is 25.4 Å². The molecular weight excluding hydrogens is 308 g/mol. The SMILES string of the molecule is COC(=O)OC1CN(CCCc2c[nH]c3ccccc23)CCC1=O. The molecule has 1 unspecified atom stereocenters. The number of hydrogen-bond acceptors (Lipinski definition) is 5. The molecule has 6 nitrogen and oxygen atoms in total. The summed E-state index contributed by atoms with van der Waals surface area (Å²) < 4.78 is 9.51. The average molecular weight is 330 g/mol. The minimum Gasteiger partial charge on any atom is -0.438 e. The highest BCUT2D eigenvalue weighted by atomic mass is 16.7. The molecule has 1 aromatic carbocycles. The fourth-order valence-corrected chi connectivity index (χ4v) is 3.16. The maximum atomic E-state index is 11.8. The number of para-hydroxylation sites is 1. The van der Waals surface area contributed by atoms with Crippen LogP contribution in [0.2, 0.25) is 0 Å². The summed E-state index contributed by atoms with van der Waals surface area (Å²) in [6, 6.07) is 8.27. The molecule has 1 fully saturated rings. The molecule has 2 heterocycles. The van der Waals surface area contributed by atoms with Crippen LogP contribution >= 0.6 is 0 Å². The maximum absolute atomic E-state index is 11.8. The monoisotopic (exact) mass is 330 g/mol. The lowest BCUT2D eigenvalue weighted by Gasteiger charge is -2.30. The predicted octanol–water partition coefficient (Wildman–Crippen LogP) is 2.53. The van der Waals surface area contributed by atoms with Gasteiger partial charge < -0.3 is 14.5 Å². The van der Waals surface area contributed by atoms with E-state index >= 15 is 0 Å². The summed E-state index contributed by atoms with van der Waals surface area (Å²) in [7, 11) is 1.24. The fraction of sp³-hybridized carbons (Fsp3) is 0.444. The summed E-state index contributed by atoms with van der Waals surface area (Å²) >= 11 is 0. The first-order chi connectivity index (χ1) is 11.7. The number of benzene rings is 1. The van der Waals surface area contributed by atoms with Gasteiger partial charge in [0.15, 0.2) is 11.9 Å². The van der Waals surface area contributed by atoms with Gasteiger partial charge in [0.2, 0.25) is 0 Å². The number of carbonyl (C=O) groups is 2. The first-order valence-electron chi connectivity index (χ1n) is 8.22. The lowest BCUT2D eigenvalue weighted by molar-refractivity contribution is -0.133. The second-order valence-electron chi connectivity index (χ2n) is 6.04. The quantitative estimate of drug-likeness (QED) is 0.853. The van der Waals surface area contributed by atoms with Crippen molar-refractivity contribution < 1.29 is 19.1 Å². The van der Waals surface area contributed by atoms with Crippen molar-refractivity contribution >= 4 is 22.8 Å². The molecule has 24 heavy (non-hydrogen) atoms. The number of fused-ring (bicyclic) bond motifs is 1. The van der Waals surface area contributed by atoms with E-state index in [9.17, 15) is 9.59 Å². The normalized spacial score (nSPS) is 18.7. The van der Waals surface area contributed by atoms with Gasteiger partial charge in [-0.2, -0.15) is 0 Å². The Bertz CT molecular complexity index is 725. The van der Waals surface area contributed by atoms with E-state index in [1.165, 1.54) is 18.1 Å². The van der Waals surface area contributed by atoms with Crippen molar-refractivity contribution in [3.05, 3.63) is 36.0 Å². The van der Waals surface area contributed by atoms with Crippen molar-refractivity contribution in [1.82, 2.24) is 9.88 Å². The number of rotatable bonds is 5. The zero-order valence-electron chi connectivity index (χ0n) is 13.8. The van der Waals surface area contributed by atoms with E-state index in [0.29, 0.717) is 19.5 Å². The average Bonchev–Trinajstić information content (AvgIpc) is 3.01. The second kappa shape index (κ2) is 7.49. The second-order valence-corrected chi connectivity index (χ2v) is 6.04. The van der Waals surface area contributed by atoms with Crippen molar-refractivity contribution in [3.63, 3.8) is 0 Å². The number of piperidine rings is 1. The van der Waals surface area contributed by atoms with E-state index in [4.69, 9.17) is 4.74 Å². The number of aromatic amines is 1. The minimum atomic E-state index is -0.797. The van der Waals surface area contributed by atoms with E-state index in [2.05, 4.69) is 33.0 Å². The van der Waals surface area contributed by atoms with Gasteiger partial charge in [0.05, 0.1) is 7.11 Å². The highest BCUT2D eigenvalue weighted by Gasteiger charge is 2.30. The van der Waals surface area contributed by atoms with Gasteiger partial charge >= 0.3 is 6.16 Å². The Morgan fingerprint density at radius 1 is 1.38 bits per heavy atom. The third kappa shape index (κ3) is 3.76. The Morgan fingerprint density at radius 3 is 3.04 bits per heavy atom. The van der Waals surface area contributed by atoms with Crippen LogP contribution in [0.15, 0.2) is 30.5 Å². The summed E-state index contributed by atoms with van der Waals surface area (Å²) in [4.78, 5) is 28.5. The van der Waals surface area contributed by atoms with Crippen molar-refractivity contribution in [1.29, 1.82) is 0 Å². The number of likely N-dealkylation sites (tertiary alicyclic amines) is 1. The molecule has 1 atom stereocenters. The molecule has 0 radical (unpaired) electrons. The number of ketones is 1. The van der Waals surface area contributed by atoms with E-state index < -0.39 is 12.3 Å². The van der Waals surface area contributed by atoms with Crippen LogP contribution in [-0.2, 0) is 20.7 Å². The van der Waals surface area contributed by atoms with Gasteiger partial charge in [0.25, 0.3) is 0 Å². The topological polar surface area (TPSA) is 71.6 Å². The molecule has 6 heteroatoms. The molecular formula is C18H22N2O4. The summed E-state index contributed by atoms with van der Waals surface area (Å²) in [6.45, 7) is 2.03. The van der Waals surface area contributed by atoms with E-state index in [1.54, 1.807) is 0 Å². The van der Waals surface area contributed by atoms with Gasteiger partial charge in [-0.15, -0.1) is 0 Å². The molecule has 2 aromatic rings. The molecule has 1 saturated heterocycles. The van der Waals surface area contributed by atoms with Crippen molar-refractivity contribution in [3.8, 4) is 0 Å². The molecule has 128 valence electrons. The number of aryl methyl sites for hydroxylation is 1. The lowest BCUT2D eigenvalue weighted by Crippen LogP contribution is -2.46. The Hall–Kier alpha value is -2.34. The van der Waals surface area contributed by atoms with Gasteiger partial charge in [0, 0.05) is 36.6 Å². The summed E-state index contributed by atoms with van der Waals surface area (Å²) in [5.41, 5.74) is 2.46. The molecule has 0 spiro atoms. The van der Waals surface area contributed by atoms with Crippen LogP contribution < -0.4 is 0 Å². The van der Waals surface area contributed by atoms with Gasteiger partial charge in [-0.3, -0.25) is 9.69 Å². The lowest BCUT2D eigenvalue weighted by atomic mass is 10.0. The Labute approximate surface area is 140 Å². The van der Waals surface area contributed by atoms with Gasteiger partial charge in [-0.1, -0.05) is 18.2 Å². The molecule has 1 aliphatic heterocycles. The molecule has 0 bridgehead atoms. The summed E-state index contributed by atoms with van der Waals surface area (Å²) in [6.07, 6.45) is 2.92. The minimum absolute atomic E-state index is 0.0340. The molecule has 1 aliphatic rings. The van der Waals surface area contributed by atoms with Gasteiger partial charge in [-0.25, -0.2) is 4.79 Å². The fourth-order valence-electron chi connectivity index (χ4n) is 3.16. The van der Waals surface area contributed by atoms with Crippen LogP contribution in [0, 0.1) is 0 Å². The third-order valence-corrected chi connectivity index (χ3v) is 4.46. The first-order valence-corrected chi connectivity index (χ1v) is 8.22. The number of aromatic nitrogens is 1. The van der Waals surface area contributed by atoms with Crippen molar-refractivity contribution in [2.24, 2.45) is 0 Å². The number of ether oxygens (including phenoxy) is 2. The molecule has 1 N–H and O–H groups in total. The largest absolute Gasteiger partial charge is 0.508 e. The molecule has 3 rings (SSSR count). The van der Waals surface area contributed by atoms with E-state index in [-0.39, 0.29) is 5.78 Å². The highest BCUT2D eigenvalue weighted by Crippen LogP contribution is 2.19. The molecule has 0 saturated carbocycles. The number of methoxy groups -OCH3 is 1. The number of carbonyl (C=O) groups excluding carboxylic acids is 2.